The van der Waals surface area contributed by atoms with Crippen LogP contribution >= 0.6 is 0 Å². The fourth-order valence-electron chi connectivity index (χ4n) is 2.12. The van der Waals surface area contributed by atoms with E-state index in [1.54, 1.807) is 6.07 Å². The quantitative estimate of drug-likeness (QED) is 0.760. The van der Waals surface area contributed by atoms with E-state index in [1.165, 1.54) is 0 Å². The average Bonchev–Trinajstić information content (AvgIpc) is 3.00. The maximum atomic E-state index is 8.90. The summed E-state index contributed by atoms with van der Waals surface area (Å²) in [5, 5.41) is 13.3. The Labute approximate surface area is 110 Å². The van der Waals surface area contributed by atoms with E-state index >= 15 is 0 Å². The summed E-state index contributed by atoms with van der Waals surface area (Å²) in [6, 6.07) is 9.59. The Kier molecular flexibility index (Phi) is 2.57. The van der Waals surface area contributed by atoms with E-state index < -0.39 is 0 Å². The number of H-pyrrole nitrogens is 1. The van der Waals surface area contributed by atoms with Crippen LogP contribution < -0.4 is 0 Å². The molecule has 0 saturated carbocycles. The van der Waals surface area contributed by atoms with Crippen molar-refractivity contribution in [2.75, 3.05) is 0 Å². The number of rotatable bonds is 2. The third kappa shape index (κ3) is 1.87. The third-order valence-electron chi connectivity index (χ3n) is 3.15. The van der Waals surface area contributed by atoms with Crippen molar-refractivity contribution >= 4 is 11.0 Å². The summed E-state index contributed by atoms with van der Waals surface area (Å²) in [6.07, 6.45) is 0.895. The first-order valence-corrected chi connectivity index (χ1v) is 6.14. The van der Waals surface area contributed by atoms with Gasteiger partial charge >= 0.3 is 0 Å². The Bertz CT molecular complexity index is 788. The van der Waals surface area contributed by atoms with E-state index in [0.717, 1.165) is 34.7 Å². The predicted octanol–water partition coefficient (Wildman–Crippen LogP) is 2.40. The number of fused-ring (bicyclic) bond motifs is 1. The lowest BCUT2D eigenvalue weighted by Crippen LogP contribution is -1.95. The van der Waals surface area contributed by atoms with Crippen LogP contribution in [0, 0.1) is 11.3 Å². The largest absolute Gasteiger partial charge is 0.337 e. The minimum atomic E-state index is 0.627. The van der Waals surface area contributed by atoms with Gasteiger partial charge in [-0.25, -0.2) is 4.98 Å². The summed E-state index contributed by atoms with van der Waals surface area (Å²) in [4.78, 5) is 7.78. The van der Waals surface area contributed by atoms with Crippen molar-refractivity contribution in [3.63, 3.8) is 0 Å². The Morgan fingerprint density at radius 3 is 2.89 bits per heavy atom. The molecule has 1 N–H and O–H groups in total. The molecule has 0 unspecified atom stereocenters. The molecule has 3 rings (SSSR count). The van der Waals surface area contributed by atoms with Gasteiger partial charge in [0.1, 0.15) is 5.69 Å². The number of hydrogen-bond acceptors (Lipinski definition) is 3. The highest BCUT2D eigenvalue weighted by Gasteiger charge is 2.11. The van der Waals surface area contributed by atoms with E-state index in [1.807, 2.05) is 29.9 Å². The Morgan fingerprint density at radius 2 is 2.21 bits per heavy atom. The third-order valence-corrected chi connectivity index (χ3v) is 3.15. The Hall–Kier alpha value is -2.61. The van der Waals surface area contributed by atoms with Gasteiger partial charge in [0, 0.05) is 7.05 Å². The van der Waals surface area contributed by atoms with Gasteiger partial charge in [0.05, 0.1) is 28.4 Å². The van der Waals surface area contributed by atoms with Crippen LogP contribution in [0.1, 0.15) is 18.2 Å². The van der Waals surface area contributed by atoms with Crippen LogP contribution in [0.25, 0.3) is 22.6 Å². The molecule has 0 atom stereocenters. The smallest absolute Gasteiger partial charge is 0.156 e. The van der Waals surface area contributed by atoms with Crippen LogP contribution in [0.5, 0.6) is 0 Å². The Balaban J connectivity index is 2.15. The molecule has 0 spiro atoms. The van der Waals surface area contributed by atoms with Crippen molar-refractivity contribution in [2.24, 2.45) is 7.05 Å². The van der Waals surface area contributed by atoms with Gasteiger partial charge in [-0.1, -0.05) is 6.92 Å². The van der Waals surface area contributed by atoms with Crippen molar-refractivity contribution < 1.29 is 0 Å². The summed E-state index contributed by atoms with van der Waals surface area (Å²) in [5.41, 5.74) is 4.34. The normalized spacial score (nSPS) is 10.8. The summed E-state index contributed by atoms with van der Waals surface area (Å²) < 4.78 is 1.82. The molecule has 2 aromatic heterocycles. The zero-order valence-electron chi connectivity index (χ0n) is 10.8. The topological polar surface area (TPSA) is 70.3 Å². The van der Waals surface area contributed by atoms with Crippen molar-refractivity contribution in [3.05, 3.63) is 35.5 Å². The van der Waals surface area contributed by atoms with Gasteiger partial charge in [-0.3, -0.25) is 4.68 Å². The lowest BCUT2D eigenvalue weighted by molar-refractivity contribution is 0.749. The molecule has 0 saturated heterocycles. The predicted molar refractivity (Wildman–Crippen MR) is 72.4 cm³/mol. The summed E-state index contributed by atoms with van der Waals surface area (Å²) in [5.74, 6) is 0.778. The number of nitrogens with zero attached hydrogens (tertiary/aromatic N) is 4. The number of nitriles is 1. The second-order valence-corrected chi connectivity index (χ2v) is 4.43. The van der Waals surface area contributed by atoms with Gasteiger partial charge in [0.25, 0.3) is 0 Å². The highest BCUT2D eigenvalue weighted by atomic mass is 15.3. The fraction of sp³-hybridized carbons (Fsp3) is 0.214. The average molecular weight is 251 g/mol. The van der Waals surface area contributed by atoms with Gasteiger partial charge < -0.3 is 4.98 Å². The van der Waals surface area contributed by atoms with Crippen molar-refractivity contribution in [2.45, 2.75) is 13.3 Å². The molecule has 0 fully saturated rings. The highest BCUT2D eigenvalue weighted by molar-refractivity contribution is 5.80. The van der Waals surface area contributed by atoms with E-state index in [4.69, 9.17) is 5.26 Å². The van der Waals surface area contributed by atoms with Gasteiger partial charge in [-0.05, 0) is 30.7 Å². The first-order chi connectivity index (χ1) is 9.21. The lowest BCUT2D eigenvalue weighted by Gasteiger charge is -1.95. The van der Waals surface area contributed by atoms with Gasteiger partial charge in [-0.15, -0.1) is 0 Å². The van der Waals surface area contributed by atoms with Crippen molar-refractivity contribution in [1.82, 2.24) is 19.7 Å². The molecule has 0 aliphatic rings. The second-order valence-electron chi connectivity index (χ2n) is 4.43. The van der Waals surface area contributed by atoms with Crippen LogP contribution in [0.3, 0.4) is 0 Å². The minimum Gasteiger partial charge on any atom is -0.337 e. The molecule has 0 bridgehead atoms. The zero-order chi connectivity index (χ0) is 13.4. The molecule has 94 valence electrons. The first-order valence-electron chi connectivity index (χ1n) is 6.14. The first kappa shape index (κ1) is 11.5. The maximum absolute atomic E-state index is 8.90. The Morgan fingerprint density at radius 1 is 1.37 bits per heavy atom. The number of hydrogen-bond donors (Lipinski definition) is 1. The number of aromatic nitrogens is 4. The van der Waals surface area contributed by atoms with Gasteiger partial charge in [0.15, 0.2) is 5.82 Å². The fourth-order valence-corrected chi connectivity index (χ4v) is 2.12. The van der Waals surface area contributed by atoms with Crippen LogP contribution in [0.4, 0.5) is 0 Å². The molecular weight excluding hydrogens is 238 g/mol. The standard InChI is InChI=1S/C14H13N5/c1-3-10-7-13(19(2)18-10)14-16-11-5-4-9(8-15)6-12(11)17-14/h4-7H,3H2,1-2H3,(H,16,17). The molecule has 5 nitrogen and oxygen atoms in total. The number of benzene rings is 1. The van der Waals surface area contributed by atoms with Crippen molar-refractivity contribution in [1.29, 1.82) is 5.26 Å². The number of aryl methyl sites for hydroxylation is 2. The van der Waals surface area contributed by atoms with Crippen molar-refractivity contribution in [3.8, 4) is 17.6 Å². The molecule has 1 aromatic carbocycles. The number of imidazole rings is 1. The monoisotopic (exact) mass is 251 g/mol. The number of aromatic amines is 1. The molecule has 0 radical (unpaired) electrons. The van der Waals surface area contributed by atoms with E-state index in [0.29, 0.717) is 5.56 Å². The lowest BCUT2D eigenvalue weighted by atomic mass is 10.2. The summed E-state index contributed by atoms with van der Waals surface area (Å²) >= 11 is 0. The summed E-state index contributed by atoms with van der Waals surface area (Å²) in [6.45, 7) is 2.07. The van der Waals surface area contributed by atoms with Crippen LogP contribution in [0.2, 0.25) is 0 Å². The molecule has 0 amide bonds. The van der Waals surface area contributed by atoms with Crippen LogP contribution in [-0.4, -0.2) is 19.7 Å². The van der Waals surface area contributed by atoms with E-state index in [-0.39, 0.29) is 0 Å². The highest BCUT2D eigenvalue weighted by Crippen LogP contribution is 2.21. The minimum absolute atomic E-state index is 0.627. The van der Waals surface area contributed by atoms with Crippen LogP contribution in [-0.2, 0) is 13.5 Å². The molecule has 0 aliphatic carbocycles. The van der Waals surface area contributed by atoms with Crippen LogP contribution in [0.15, 0.2) is 24.3 Å². The number of nitrogens with one attached hydrogen (secondary N) is 1. The van der Waals surface area contributed by atoms with E-state index in [2.05, 4.69) is 28.1 Å². The van der Waals surface area contributed by atoms with Gasteiger partial charge in [0.2, 0.25) is 0 Å². The molecule has 5 heteroatoms. The second kappa shape index (κ2) is 4.25. The maximum Gasteiger partial charge on any atom is 0.156 e. The van der Waals surface area contributed by atoms with Gasteiger partial charge in [-0.2, -0.15) is 10.4 Å². The molecular formula is C14H13N5. The molecule has 0 aliphatic heterocycles. The molecule has 19 heavy (non-hydrogen) atoms. The summed E-state index contributed by atoms with van der Waals surface area (Å²) in [7, 11) is 1.91. The van der Waals surface area contributed by atoms with E-state index in [9.17, 15) is 0 Å². The SMILES string of the molecule is CCc1cc(-c2nc3ccc(C#N)cc3[nH]2)n(C)n1. The molecule has 3 aromatic rings. The molecule has 2 heterocycles. The zero-order valence-corrected chi connectivity index (χ0v) is 10.8.